The van der Waals surface area contributed by atoms with E-state index in [4.69, 9.17) is 10.7 Å². The zero-order chi connectivity index (χ0) is 18.5. The van der Waals surface area contributed by atoms with Crippen molar-refractivity contribution in [3.63, 3.8) is 0 Å². The van der Waals surface area contributed by atoms with Crippen molar-refractivity contribution in [1.82, 2.24) is 9.55 Å². The van der Waals surface area contributed by atoms with Crippen LogP contribution in [0.5, 0.6) is 0 Å². The van der Waals surface area contributed by atoms with Crippen LogP contribution in [0.25, 0.3) is 11.0 Å². The summed E-state index contributed by atoms with van der Waals surface area (Å²) in [7, 11) is 0. The zero-order valence-corrected chi connectivity index (χ0v) is 15.5. The number of nitrogens with zero attached hydrogens (tertiary/aromatic N) is 2. The van der Waals surface area contributed by atoms with E-state index in [2.05, 4.69) is 77.4 Å². The molecule has 1 heterocycles. The maximum absolute atomic E-state index is 6.59. The predicted octanol–water partition coefficient (Wildman–Crippen LogP) is 4.91. The standard InChI is InChI=1S/C24H25N3/c25-21(18-20-12-5-2-6-13-20)24-26-22-15-7-8-16-23(22)27(24)17-9-14-19-10-3-1-4-11-19/h1-8,10-13,15-16,21H,9,14,17-18,25H2. The molecule has 4 rings (SSSR count). The Labute approximate surface area is 160 Å². The van der Waals surface area contributed by atoms with E-state index < -0.39 is 0 Å². The minimum atomic E-state index is -0.114. The molecule has 0 radical (unpaired) electrons. The fraction of sp³-hybridized carbons (Fsp3) is 0.208. The minimum absolute atomic E-state index is 0.114. The van der Waals surface area contributed by atoms with Crippen LogP contribution < -0.4 is 5.73 Å². The second kappa shape index (κ2) is 8.19. The Bertz CT molecular complexity index is 990. The monoisotopic (exact) mass is 355 g/mol. The summed E-state index contributed by atoms with van der Waals surface area (Å²) < 4.78 is 2.31. The molecule has 0 spiro atoms. The Hall–Kier alpha value is -2.91. The summed E-state index contributed by atoms with van der Waals surface area (Å²) in [6.07, 6.45) is 2.92. The van der Waals surface area contributed by atoms with E-state index in [0.29, 0.717) is 0 Å². The van der Waals surface area contributed by atoms with Crippen LogP contribution in [0.4, 0.5) is 0 Å². The van der Waals surface area contributed by atoms with Crippen LogP contribution in [0, 0.1) is 0 Å². The molecular weight excluding hydrogens is 330 g/mol. The Morgan fingerprint density at radius 3 is 2.15 bits per heavy atom. The molecule has 0 saturated carbocycles. The second-order valence-electron chi connectivity index (χ2n) is 7.00. The number of imidazole rings is 1. The van der Waals surface area contributed by atoms with Gasteiger partial charge in [0.2, 0.25) is 0 Å². The molecule has 1 atom stereocenters. The van der Waals surface area contributed by atoms with Crippen molar-refractivity contribution in [3.05, 3.63) is 102 Å². The van der Waals surface area contributed by atoms with Crippen LogP contribution in [0.1, 0.15) is 29.4 Å². The first kappa shape index (κ1) is 17.5. The normalized spacial score (nSPS) is 12.3. The molecule has 0 bridgehead atoms. The average Bonchev–Trinajstić information content (AvgIpc) is 3.09. The van der Waals surface area contributed by atoms with Gasteiger partial charge in [-0.1, -0.05) is 72.8 Å². The van der Waals surface area contributed by atoms with E-state index in [1.165, 1.54) is 16.6 Å². The highest BCUT2D eigenvalue weighted by Gasteiger charge is 2.17. The summed E-state index contributed by atoms with van der Waals surface area (Å²) in [4.78, 5) is 4.87. The Kier molecular flexibility index (Phi) is 5.31. The quantitative estimate of drug-likeness (QED) is 0.512. The topological polar surface area (TPSA) is 43.8 Å². The molecule has 0 aliphatic carbocycles. The molecule has 3 heteroatoms. The number of rotatable bonds is 7. The Balaban J connectivity index is 1.57. The van der Waals surface area contributed by atoms with E-state index in [1.54, 1.807) is 0 Å². The van der Waals surface area contributed by atoms with E-state index >= 15 is 0 Å². The largest absolute Gasteiger partial charge is 0.327 e. The van der Waals surface area contributed by atoms with E-state index in [-0.39, 0.29) is 6.04 Å². The molecule has 3 nitrogen and oxygen atoms in total. The van der Waals surface area contributed by atoms with Crippen molar-refractivity contribution in [1.29, 1.82) is 0 Å². The number of nitrogens with two attached hydrogens (primary N) is 1. The van der Waals surface area contributed by atoms with Crippen molar-refractivity contribution in [2.24, 2.45) is 5.73 Å². The Morgan fingerprint density at radius 1 is 0.778 bits per heavy atom. The first-order valence-corrected chi connectivity index (χ1v) is 9.60. The molecule has 0 aliphatic rings. The Morgan fingerprint density at radius 2 is 1.41 bits per heavy atom. The van der Waals surface area contributed by atoms with Crippen molar-refractivity contribution in [3.8, 4) is 0 Å². The molecule has 1 aromatic heterocycles. The first-order chi connectivity index (χ1) is 13.3. The molecule has 0 fully saturated rings. The summed E-state index contributed by atoms with van der Waals surface area (Å²) in [6, 6.07) is 29.3. The summed E-state index contributed by atoms with van der Waals surface area (Å²) in [5.41, 5.74) is 11.4. The van der Waals surface area contributed by atoms with E-state index in [9.17, 15) is 0 Å². The summed E-state index contributed by atoms with van der Waals surface area (Å²) in [5.74, 6) is 0.980. The lowest BCUT2D eigenvalue weighted by atomic mass is 10.1. The van der Waals surface area contributed by atoms with Gasteiger partial charge in [-0.2, -0.15) is 0 Å². The van der Waals surface area contributed by atoms with E-state index in [1.807, 2.05) is 12.1 Å². The van der Waals surface area contributed by atoms with Crippen LogP contribution in [0.15, 0.2) is 84.9 Å². The van der Waals surface area contributed by atoms with Gasteiger partial charge in [-0.15, -0.1) is 0 Å². The first-order valence-electron chi connectivity index (χ1n) is 9.60. The van der Waals surface area contributed by atoms with Gasteiger partial charge < -0.3 is 10.3 Å². The predicted molar refractivity (Wildman–Crippen MR) is 112 cm³/mol. The average molecular weight is 355 g/mol. The van der Waals surface area contributed by atoms with Gasteiger partial charge in [-0.25, -0.2) is 4.98 Å². The molecule has 1 unspecified atom stereocenters. The minimum Gasteiger partial charge on any atom is -0.327 e. The highest BCUT2D eigenvalue weighted by atomic mass is 15.1. The number of hydrogen-bond acceptors (Lipinski definition) is 2. The van der Waals surface area contributed by atoms with Crippen molar-refractivity contribution in [2.45, 2.75) is 31.8 Å². The van der Waals surface area contributed by atoms with Crippen LogP contribution >= 0.6 is 0 Å². The molecule has 27 heavy (non-hydrogen) atoms. The fourth-order valence-corrected chi connectivity index (χ4v) is 3.66. The van der Waals surface area contributed by atoms with Crippen LogP contribution in [0.3, 0.4) is 0 Å². The molecule has 0 saturated heterocycles. The van der Waals surface area contributed by atoms with Crippen molar-refractivity contribution in [2.75, 3.05) is 0 Å². The van der Waals surface area contributed by atoms with Gasteiger partial charge in [0.25, 0.3) is 0 Å². The fourth-order valence-electron chi connectivity index (χ4n) is 3.66. The summed E-state index contributed by atoms with van der Waals surface area (Å²) in [5, 5.41) is 0. The SMILES string of the molecule is NC(Cc1ccccc1)c1nc2ccccc2n1CCCc1ccccc1. The van der Waals surface area contributed by atoms with Gasteiger partial charge in [-0.05, 0) is 42.5 Å². The number of aryl methyl sites for hydroxylation is 2. The summed E-state index contributed by atoms with van der Waals surface area (Å²) in [6.45, 7) is 0.924. The highest BCUT2D eigenvalue weighted by Crippen LogP contribution is 2.23. The number of fused-ring (bicyclic) bond motifs is 1. The van der Waals surface area contributed by atoms with Gasteiger partial charge in [0.1, 0.15) is 5.82 Å². The van der Waals surface area contributed by atoms with E-state index in [0.717, 1.165) is 37.1 Å². The van der Waals surface area contributed by atoms with Gasteiger partial charge in [0, 0.05) is 6.54 Å². The molecule has 136 valence electrons. The second-order valence-corrected chi connectivity index (χ2v) is 7.00. The molecule has 0 aliphatic heterocycles. The third kappa shape index (κ3) is 4.09. The maximum Gasteiger partial charge on any atom is 0.127 e. The molecule has 0 amide bonds. The van der Waals surface area contributed by atoms with Crippen molar-refractivity contribution >= 4 is 11.0 Å². The van der Waals surface area contributed by atoms with Gasteiger partial charge in [0.05, 0.1) is 17.1 Å². The molecule has 3 aromatic carbocycles. The third-order valence-electron chi connectivity index (χ3n) is 5.00. The van der Waals surface area contributed by atoms with Crippen LogP contribution in [-0.2, 0) is 19.4 Å². The van der Waals surface area contributed by atoms with Gasteiger partial charge >= 0.3 is 0 Å². The lowest BCUT2D eigenvalue weighted by Gasteiger charge is -2.15. The highest BCUT2D eigenvalue weighted by molar-refractivity contribution is 5.76. The number of aromatic nitrogens is 2. The van der Waals surface area contributed by atoms with Crippen molar-refractivity contribution < 1.29 is 0 Å². The zero-order valence-electron chi connectivity index (χ0n) is 15.5. The number of para-hydroxylation sites is 2. The molecule has 2 N–H and O–H groups in total. The lowest BCUT2D eigenvalue weighted by molar-refractivity contribution is 0.571. The van der Waals surface area contributed by atoms with Crippen LogP contribution in [-0.4, -0.2) is 9.55 Å². The lowest BCUT2D eigenvalue weighted by Crippen LogP contribution is -2.19. The van der Waals surface area contributed by atoms with Gasteiger partial charge in [-0.3, -0.25) is 0 Å². The summed E-state index contributed by atoms with van der Waals surface area (Å²) >= 11 is 0. The number of hydrogen-bond donors (Lipinski definition) is 1. The molecular formula is C24H25N3. The molecule has 4 aromatic rings. The number of benzene rings is 3. The van der Waals surface area contributed by atoms with Crippen LogP contribution in [0.2, 0.25) is 0 Å². The third-order valence-corrected chi connectivity index (χ3v) is 5.00. The van der Waals surface area contributed by atoms with Gasteiger partial charge in [0.15, 0.2) is 0 Å². The maximum atomic E-state index is 6.59. The smallest absolute Gasteiger partial charge is 0.127 e.